The molecule has 0 radical (unpaired) electrons. The highest BCUT2D eigenvalue weighted by Gasteiger charge is 2.40. The summed E-state index contributed by atoms with van der Waals surface area (Å²) < 4.78 is 2.41. The molecule has 6 aromatic carbocycles. The lowest BCUT2D eigenvalue weighted by Crippen LogP contribution is -2.19. The lowest BCUT2D eigenvalue weighted by atomic mass is 9.82. The van der Waals surface area contributed by atoms with Gasteiger partial charge in [0.2, 0.25) is 0 Å². The maximum Gasteiger partial charge on any atom is 0.162 e. The molecule has 9 rings (SSSR count). The molecule has 3 heteroatoms. The third-order valence-electron chi connectivity index (χ3n) is 9.11. The summed E-state index contributed by atoms with van der Waals surface area (Å²) in [6, 6.07) is 45.7. The fraction of sp³-hybridized carbons (Fsp3) is 0.0769. The summed E-state index contributed by atoms with van der Waals surface area (Å²) in [5.74, 6) is 1.69. The Morgan fingerprint density at radius 2 is 1.07 bits per heavy atom. The normalized spacial score (nSPS) is 13.7. The molecule has 0 amide bonds. The van der Waals surface area contributed by atoms with Gasteiger partial charge in [0.1, 0.15) is 5.82 Å². The van der Waals surface area contributed by atoms with Gasteiger partial charge in [-0.25, -0.2) is 9.97 Å². The number of benzene rings is 6. The average Bonchev–Trinajstić information content (AvgIpc) is 3.46. The van der Waals surface area contributed by atoms with E-state index >= 15 is 0 Å². The zero-order valence-corrected chi connectivity index (χ0v) is 23.5. The van der Waals surface area contributed by atoms with Crippen LogP contribution in [0.15, 0.2) is 127 Å². The van der Waals surface area contributed by atoms with E-state index in [2.05, 4.69) is 140 Å². The summed E-state index contributed by atoms with van der Waals surface area (Å²) in [6.07, 6.45) is 0. The van der Waals surface area contributed by atoms with Crippen LogP contribution in [-0.4, -0.2) is 14.5 Å². The van der Waals surface area contributed by atoms with Gasteiger partial charge in [-0.1, -0.05) is 117 Å². The second-order valence-corrected chi connectivity index (χ2v) is 11.9. The van der Waals surface area contributed by atoms with Gasteiger partial charge in [-0.15, -0.1) is 0 Å². The van der Waals surface area contributed by atoms with Crippen LogP contribution in [0.5, 0.6) is 0 Å². The Morgan fingerprint density at radius 1 is 0.548 bits per heavy atom. The highest BCUT2D eigenvalue weighted by Crippen LogP contribution is 2.51. The predicted octanol–water partition coefficient (Wildman–Crippen LogP) is 9.85. The molecule has 0 bridgehead atoms. The van der Waals surface area contributed by atoms with Crippen LogP contribution in [-0.2, 0) is 5.41 Å². The second kappa shape index (κ2) is 8.37. The summed E-state index contributed by atoms with van der Waals surface area (Å²) >= 11 is 0. The first-order valence-corrected chi connectivity index (χ1v) is 14.5. The quantitative estimate of drug-likeness (QED) is 0.220. The van der Waals surface area contributed by atoms with Crippen molar-refractivity contribution in [2.45, 2.75) is 19.3 Å². The van der Waals surface area contributed by atoms with Gasteiger partial charge in [0.25, 0.3) is 0 Å². The van der Waals surface area contributed by atoms with Crippen LogP contribution >= 0.6 is 0 Å². The van der Waals surface area contributed by atoms with Gasteiger partial charge in [0, 0.05) is 32.9 Å². The minimum absolute atomic E-state index is 0.271. The molecule has 0 N–H and O–H groups in total. The first-order valence-electron chi connectivity index (χ1n) is 14.5. The lowest BCUT2D eigenvalue weighted by molar-refractivity contribution is 0.650. The largest absolute Gasteiger partial charge is 0.293 e. The smallest absolute Gasteiger partial charge is 0.162 e. The van der Waals surface area contributed by atoms with Crippen LogP contribution in [0.1, 0.15) is 25.0 Å². The van der Waals surface area contributed by atoms with Crippen molar-refractivity contribution in [3.8, 4) is 28.5 Å². The van der Waals surface area contributed by atoms with Crippen molar-refractivity contribution in [3.63, 3.8) is 0 Å². The number of nitrogens with zero attached hydrogens (tertiary/aromatic N) is 3. The Bertz CT molecular complexity index is 2290. The van der Waals surface area contributed by atoms with E-state index in [0.29, 0.717) is 0 Å². The van der Waals surface area contributed by atoms with Crippen LogP contribution < -0.4 is 0 Å². The monoisotopic (exact) mass is 537 g/mol. The third-order valence-corrected chi connectivity index (χ3v) is 9.11. The minimum Gasteiger partial charge on any atom is -0.293 e. The maximum atomic E-state index is 5.45. The van der Waals surface area contributed by atoms with E-state index in [-0.39, 0.29) is 5.41 Å². The molecule has 0 aliphatic heterocycles. The zero-order chi connectivity index (χ0) is 28.0. The lowest BCUT2D eigenvalue weighted by Gasteiger charge is -2.24. The SMILES string of the molecule is CC1(C)c2ccccc2-c2nc(-c3ccccc3)nc(-n3c4cc5ccccc5cc4c4cc5ccccc5cc43)c21. The van der Waals surface area contributed by atoms with E-state index in [1.54, 1.807) is 0 Å². The van der Waals surface area contributed by atoms with Crippen molar-refractivity contribution in [2.24, 2.45) is 0 Å². The van der Waals surface area contributed by atoms with Crippen molar-refractivity contribution in [1.29, 1.82) is 0 Å². The van der Waals surface area contributed by atoms with Crippen molar-refractivity contribution >= 4 is 43.4 Å². The van der Waals surface area contributed by atoms with Crippen molar-refractivity contribution in [3.05, 3.63) is 139 Å². The zero-order valence-electron chi connectivity index (χ0n) is 23.5. The predicted molar refractivity (Wildman–Crippen MR) is 174 cm³/mol. The molecule has 0 spiro atoms. The van der Waals surface area contributed by atoms with Gasteiger partial charge in [0.05, 0.1) is 16.7 Å². The third kappa shape index (κ3) is 3.16. The average molecular weight is 538 g/mol. The molecule has 0 fully saturated rings. The second-order valence-electron chi connectivity index (χ2n) is 11.9. The standard InChI is InChI=1S/C39H27N3/c1-39(2)32-19-11-10-18-29(32)36-35(39)38(41-37(40-36)24-12-4-3-5-13-24)42-33-22-27-16-8-6-14-25(27)20-30(33)31-21-26-15-7-9-17-28(26)23-34(31)42/h3-23H,1-2H3. The Kier molecular flexibility index (Phi) is 4.67. The Morgan fingerprint density at radius 3 is 1.69 bits per heavy atom. The van der Waals surface area contributed by atoms with E-state index < -0.39 is 0 Å². The molecule has 0 atom stereocenters. The highest BCUT2D eigenvalue weighted by atomic mass is 15.1. The summed E-state index contributed by atoms with van der Waals surface area (Å²) in [4.78, 5) is 10.7. The van der Waals surface area contributed by atoms with Crippen molar-refractivity contribution in [1.82, 2.24) is 14.5 Å². The molecule has 0 unspecified atom stereocenters. The molecular weight excluding hydrogens is 510 g/mol. The number of hydrogen-bond acceptors (Lipinski definition) is 2. The molecule has 8 aromatic rings. The molecule has 2 heterocycles. The van der Waals surface area contributed by atoms with Gasteiger partial charge in [-0.2, -0.15) is 0 Å². The summed E-state index contributed by atoms with van der Waals surface area (Å²) in [5.41, 5.74) is 7.73. The molecule has 0 saturated heterocycles. The van der Waals surface area contributed by atoms with Gasteiger partial charge < -0.3 is 0 Å². The Labute approximate surface area is 243 Å². The van der Waals surface area contributed by atoms with E-state index in [4.69, 9.17) is 9.97 Å². The van der Waals surface area contributed by atoms with E-state index in [9.17, 15) is 0 Å². The number of fused-ring (bicyclic) bond motifs is 8. The molecular formula is C39H27N3. The van der Waals surface area contributed by atoms with Crippen LogP contribution in [0.4, 0.5) is 0 Å². The van der Waals surface area contributed by atoms with Crippen LogP contribution in [0, 0.1) is 0 Å². The molecule has 1 aliphatic carbocycles. The van der Waals surface area contributed by atoms with Crippen LogP contribution in [0.25, 0.3) is 71.8 Å². The van der Waals surface area contributed by atoms with E-state index in [1.165, 1.54) is 49.0 Å². The minimum atomic E-state index is -0.271. The Balaban J connectivity index is 1.50. The first kappa shape index (κ1) is 23.4. The number of hydrogen-bond donors (Lipinski definition) is 0. The molecule has 198 valence electrons. The molecule has 42 heavy (non-hydrogen) atoms. The van der Waals surface area contributed by atoms with Crippen molar-refractivity contribution < 1.29 is 0 Å². The number of rotatable bonds is 2. The summed E-state index contributed by atoms with van der Waals surface area (Å²) in [5, 5.41) is 7.38. The summed E-state index contributed by atoms with van der Waals surface area (Å²) in [6.45, 7) is 4.62. The van der Waals surface area contributed by atoms with Crippen LogP contribution in [0.3, 0.4) is 0 Å². The molecule has 3 nitrogen and oxygen atoms in total. The topological polar surface area (TPSA) is 30.7 Å². The van der Waals surface area contributed by atoms with Crippen molar-refractivity contribution in [2.75, 3.05) is 0 Å². The van der Waals surface area contributed by atoms with Crippen LogP contribution in [0.2, 0.25) is 0 Å². The summed E-state index contributed by atoms with van der Waals surface area (Å²) in [7, 11) is 0. The van der Waals surface area contributed by atoms with E-state index in [1.807, 2.05) is 6.07 Å². The van der Waals surface area contributed by atoms with Gasteiger partial charge >= 0.3 is 0 Å². The highest BCUT2D eigenvalue weighted by molar-refractivity contribution is 6.16. The maximum absolute atomic E-state index is 5.45. The first-order chi connectivity index (χ1) is 20.6. The fourth-order valence-electron chi connectivity index (χ4n) is 7.08. The van der Waals surface area contributed by atoms with Gasteiger partial charge in [-0.3, -0.25) is 4.57 Å². The van der Waals surface area contributed by atoms with Gasteiger partial charge in [0.15, 0.2) is 5.82 Å². The number of aromatic nitrogens is 3. The molecule has 1 aliphatic rings. The van der Waals surface area contributed by atoms with E-state index in [0.717, 1.165) is 33.9 Å². The fourth-order valence-corrected chi connectivity index (χ4v) is 7.08. The molecule has 2 aromatic heterocycles. The molecule has 0 saturated carbocycles. The van der Waals surface area contributed by atoms with Gasteiger partial charge in [-0.05, 0) is 51.4 Å². The Hall–Kier alpha value is -5.28.